The van der Waals surface area contributed by atoms with Crippen LogP contribution in [0.5, 0.6) is 0 Å². The number of aryl methyl sites for hydroxylation is 2. The molecule has 0 saturated carbocycles. The number of hydrogen-bond donors (Lipinski definition) is 1. The predicted molar refractivity (Wildman–Crippen MR) is 113 cm³/mol. The van der Waals surface area contributed by atoms with E-state index in [9.17, 15) is 14.4 Å². The van der Waals surface area contributed by atoms with E-state index in [0.717, 1.165) is 21.2 Å². The molecule has 0 spiro atoms. The molecule has 7 heteroatoms. The van der Waals surface area contributed by atoms with Crippen LogP contribution in [0.3, 0.4) is 0 Å². The molecule has 1 saturated heterocycles. The third kappa shape index (κ3) is 5.44. The number of nitrogens with zero attached hydrogens (tertiary/aromatic N) is 1. The van der Waals surface area contributed by atoms with Crippen molar-refractivity contribution in [1.29, 1.82) is 0 Å². The van der Waals surface area contributed by atoms with Crippen LogP contribution in [0, 0.1) is 19.8 Å². The molecule has 1 aliphatic heterocycles. The van der Waals surface area contributed by atoms with Gasteiger partial charge in [0.1, 0.15) is 0 Å². The number of benzene rings is 2. The van der Waals surface area contributed by atoms with Crippen molar-refractivity contribution < 1.29 is 19.1 Å². The molecule has 2 aromatic rings. The molecular weight excluding hydrogens is 436 g/mol. The highest BCUT2D eigenvalue weighted by molar-refractivity contribution is 9.10. The van der Waals surface area contributed by atoms with E-state index in [4.69, 9.17) is 4.74 Å². The van der Waals surface area contributed by atoms with E-state index >= 15 is 0 Å². The van der Waals surface area contributed by atoms with Crippen molar-refractivity contribution in [1.82, 2.24) is 4.90 Å². The molecule has 29 heavy (non-hydrogen) atoms. The summed E-state index contributed by atoms with van der Waals surface area (Å²) >= 11 is 3.42. The number of rotatable bonds is 6. The Morgan fingerprint density at radius 2 is 1.83 bits per heavy atom. The summed E-state index contributed by atoms with van der Waals surface area (Å²) in [7, 11) is 0. The van der Waals surface area contributed by atoms with Gasteiger partial charge < -0.3 is 15.0 Å². The minimum atomic E-state index is -0.546. The Labute approximate surface area is 178 Å². The summed E-state index contributed by atoms with van der Waals surface area (Å²) in [5, 5.41) is 2.79. The molecule has 0 bridgehead atoms. The second-order valence-electron chi connectivity index (χ2n) is 7.23. The summed E-state index contributed by atoms with van der Waals surface area (Å²) in [4.78, 5) is 38.4. The normalized spacial score (nSPS) is 16.0. The van der Waals surface area contributed by atoms with Gasteiger partial charge in [-0.2, -0.15) is 0 Å². The Balaban J connectivity index is 1.51. The summed E-state index contributed by atoms with van der Waals surface area (Å²) in [6, 6.07) is 13.4. The predicted octanol–water partition coefficient (Wildman–Crippen LogP) is 3.60. The molecule has 1 unspecified atom stereocenters. The highest BCUT2D eigenvalue weighted by Gasteiger charge is 2.35. The summed E-state index contributed by atoms with van der Waals surface area (Å²) < 4.78 is 6.10. The van der Waals surface area contributed by atoms with Crippen LogP contribution in [0.4, 0.5) is 5.69 Å². The Bertz CT molecular complexity index is 907. The Morgan fingerprint density at radius 3 is 2.48 bits per heavy atom. The van der Waals surface area contributed by atoms with Gasteiger partial charge in [0.15, 0.2) is 6.61 Å². The fourth-order valence-electron chi connectivity index (χ4n) is 3.42. The Morgan fingerprint density at radius 1 is 1.17 bits per heavy atom. The van der Waals surface area contributed by atoms with E-state index in [0.29, 0.717) is 18.8 Å². The van der Waals surface area contributed by atoms with Gasteiger partial charge in [0, 0.05) is 29.7 Å². The number of carbonyl (C=O) groups is 3. The number of amides is 2. The van der Waals surface area contributed by atoms with Gasteiger partial charge in [-0.3, -0.25) is 14.4 Å². The van der Waals surface area contributed by atoms with Gasteiger partial charge in [0.05, 0.1) is 5.92 Å². The van der Waals surface area contributed by atoms with Crippen LogP contribution in [-0.2, 0) is 25.7 Å². The molecule has 0 radical (unpaired) electrons. The topological polar surface area (TPSA) is 75.7 Å². The minimum Gasteiger partial charge on any atom is -0.455 e. The van der Waals surface area contributed by atoms with Crippen LogP contribution in [0.2, 0.25) is 0 Å². The molecule has 1 atom stereocenters. The number of likely N-dealkylation sites (tertiary alicyclic amines) is 1. The van der Waals surface area contributed by atoms with Crippen molar-refractivity contribution in [2.24, 2.45) is 5.92 Å². The molecule has 3 rings (SSSR count). The van der Waals surface area contributed by atoms with Crippen molar-refractivity contribution in [2.75, 3.05) is 18.5 Å². The van der Waals surface area contributed by atoms with Gasteiger partial charge in [-0.15, -0.1) is 0 Å². The Kier molecular flexibility index (Phi) is 6.69. The smallest absolute Gasteiger partial charge is 0.311 e. The fraction of sp³-hybridized carbons (Fsp3) is 0.318. The second-order valence-corrected chi connectivity index (χ2v) is 8.15. The van der Waals surface area contributed by atoms with Gasteiger partial charge in [0.2, 0.25) is 5.91 Å². The molecule has 152 valence electrons. The first kappa shape index (κ1) is 21.0. The average Bonchev–Trinajstić information content (AvgIpc) is 3.04. The number of ether oxygens (including phenoxy) is 1. The number of anilines is 1. The average molecular weight is 459 g/mol. The molecule has 2 amide bonds. The van der Waals surface area contributed by atoms with Gasteiger partial charge >= 0.3 is 5.97 Å². The van der Waals surface area contributed by atoms with Crippen molar-refractivity contribution in [3.63, 3.8) is 0 Å². The standard InChI is InChI=1S/C22H23BrN2O4/c1-14-8-18(23)9-15(2)21(14)24-19(26)13-29-22(28)17-10-20(27)25(12-17)11-16-6-4-3-5-7-16/h3-9,17H,10-13H2,1-2H3,(H,24,26). The lowest BCUT2D eigenvalue weighted by molar-refractivity contribution is -0.151. The molecule has 1 heterocycles. The van der Waals surface area contributed by atoms with E-state index in [1.807, 2.05) is 56.3 Å². The first-order chi connectivity index (χ1) is 13.8. The molecule has 0 aromatic heterocycles. The zero-order chi connectivity index (χ0) is 21.0. The minimum absolute atomic E-state index is 0.0821. The van der Waals surface area contributed by atoms with Crippen LogP contribution in [0.25, 0.3) is 0 Å². The van der Waals surface area contributed by atoms with Crippen LogP contribution >= 0.6 is 15.9 Å². The first-order valence-corrected chi connectivity index (χ1v) is 10.2. The van der Waals surface area contributed by atoms with Crippen LogP contribution in [0.1, 0.15) is 23.1 Å². The highest BCUT2D eigenvalue weighted by Crippen LogP contribution is 2.25. The van der Waals surface area contributed by atoms with Crippen molar-refractivity contribution >= 4 is 39.4 Å². The number of halogens is 1. The molecule has 1 aliphatic rings. The second kappa shape index (κ2) is 9.22. The van der Waals surface area contributed by atoms with Gasteiger partial charge in [0.25, 0.3) is 5.91 Å². The van der Waals surface area contributed by atoms with Gasteiger partial charge in [-0.25, -0.2) is 0 Å². The van der Waals surface area contributed by atoms with Crippen LogP contribution < -0.4 is 5.32 Å². The number of esters is 1. The van der Waals surface area contributed by atoms with E-state index < -0.39 is 17.8 Å². The molecular formula is C22H23BrN2O4. The number of hydrogen-bond acceptors (Lipinski definition) is 4. The summed E-state index contributed by atoms with van der Waals surface area (Å²) in [5.41, 5.74) is 3.54. The first-order valence-electron chi connectivity index (χ1n) is 9.38. The van der Waals surface area contributed by atoms with Crippen molar-refractivity contribution in [3.05, 3.63) is 63.6 Å². The third-order valence-electron chi connectivity index (χ3n) is 4.87. The van der Waals surface area contributed by atoms with E-state index in [1.54, 1.807) is 4.90 Å². The third-order valence-corrected chi connectivity index (χ3v) is 5.33. The van der Waals surface area contributed by atoms with Crippen LogP contribution in [-0.4, -0.2) is 35.8 Å². The maximum absolute atomic E-state index is 12.3. The molecule has 1 N–H and O–H groups in total. The lowest BCUT2D eigenvalue weighted by Gasteiger charge is -2.16. The zero-order valence-electron chi connectivity index (χ0n) is 16.4. The SMILES string of the molecule is Cc1cc(Br)cc(C)c1NC(=O)COC(=O)C1CC(=O)N(Cc2ccccc2)C1. The summed E-state index contributed by atoms with van der Waals surface area (Å²) in [6.45, 7) is 4.18. The van der Waals surface area contributed by atoms with Gasteiger partial charge in [-0.05, 0) is 42.7 Å². The maximum atomic E-state index is 12.3. The van der Waals surface area contributed by atoms with Crippen molar-refractivity contribution in [3.8, 4) is 0 Å². The largest absolute Gasteiger partial charge is 0.455 e. The lowest BCUT2D eigenvalue weighted by atomic mass is 10.1. The lowest BCUT2D eigenvalue weighted by Crippen LogP contribution is -2.28. The van der Waals surface area contributed by atoms with E-state index in [2.05, 4.69) is 21.2 Å². The fourth-order valence-corrected chi connectivity index (χ4v) is 4.11. The summed E-state index contributed by atoms with van der Waals surface area (Å²) in [5.74, 6) is -1.55. The molecule has 2 aromatic carbocycles. The number of nitrogens with one attached hydrogen (secondary N) is 1. The monoisotopic (exact) mass is 458 g/mol. The van der Waals surface area contributed by atoms with Gasteiger partial charge in [-0.1, -0.05) is 46.3 Å². The zero-order valence-corrected chi connectivity index (χ0v) is 18.0. The molecule has 6 nitrogen and oxygen atoms in total. The van der Waals surface area contributed by atoms with E-state index in [1.165, 1.54) is 0 Å². The molecule has 0 aliphatic carbocycles. The molecule has 1 fully saturated rings. The van der Waals surface area contributed by atoms with Crippen molar-refractivity contribution in [2.45, 2.75) is 26.8 Å². The Hall–Kier alpha value is -2.67. The number of carbonyl (C=O) groups excluding carboxylic acids is 3. The van der Waals surface area contributed by atoms with Crippen LogP contribution in [0.15, 0.2) is 46.9 Å². The summed E-state index contributed by atoms with van der Waals surface area (Å²) in [6.07, 6.45) is 0.109. The quantitative estimate of drug-likeness (QED) is 0.670. The van der Waals surface area contributed by atoms with E-state index in [-0.39, 0.29) is 18.9 Å². The maximum Gasteiger partial charge on any atom is 0.311 e. The highest BCUT2D eigenvalue weighted by atomic mass is 79.9.